The van der Waals surface area contributed by atoms with E-state index in [1.807, 2.05) is 35.7 Å². The number of rotatable bonds is 5. The molecule has 0 bridgehead atoms. The molecule has 1 amide bonds. The van der Waals surface area contributed by atoms with Crippen molar-refractivity contribution >= 4 is 22.4 Å². The topological polar surface area (TPSA) is 45.2 Å². The van der Waals surface area contributed by atoms with E-state index in [4.69, 9.17) is 0 Å². The van der Waals surface area contributed by atoms with Gasteiger partial charge in [0.1, 0.15) is 0 Å². The van der Waals surface area contributed by atoms with Crippen LogP contribution in [-0.4, -0.2) is 29.4 Å². The van der Waals surface area contributed by atoms with Crippen LogP contribution in [0.3, 0.4) is 0 Å². The van der Waals surface area contributed by atoms with Crippen molar-refractivity contribution in [1.82, 2.24) is 9.88 Å². The van der Waals surface area contributed by atoms with E-state index < -0.39 is 0 Å². The van der Waals surface area contributed by atoms with Crippen LogP contribution in [0.25, 0.3) is 0 Å². The Labute approximate surface area is 110 Å². The summed E-state index contributed by atoms with van der Waals surface area (Å²) in [5, 5.41) is 5.66. The van der Waals surface area contributed by atoms with E-state index in [9.17, 15) is 4.79 Å². The van der Waals surface area contributed by atoms with Crippen molar-refractivity contribution in [1.29, 1.82) is 0 Å². The Bertz CT molecular complexity index is 484. The second-order valence-electron chi connectivity index (χ2n) is 3.93. The molecule has 94 valence electrons. The first kappa shape index (κ1) is 12.6. The molecule has 0 aliphatic carbocycles. The summed E-state index contributed by atoms with van der Waals surface area (Å²) >= 11 is 1.49. The number of aromatic nitrogens is 1. The van der Waals surface area contributed by atoms with Crippen molar-refractivity contribution in [3.8, 4) is 0 Å². The van der Waals surface area contributed by atoms with Gasteiger partial charge in [0, 0.05) is 25.2 Å². The Hall–Kier alpha value is -1.88. The molecule has 1 heterocycles. The maximum Gasteiger partial charge on any atom is 0.241 e. The molecule has 1 N–H and O–H groups in total. The summed E-state index contributed by atoms with van der Waals surface area (Å²) in [6.07, 6.45) is 1.71. The molecule has 0 fully saturated rings. The number of thiazole rings is 1. The number of amides is 1. The van der Waals surface area contributed by atoms with Crippen LogP contribution in [0.4, 0.5) is 5.13 Å². The van der Waals surface area contributed by atoms with Gasteiger partial charge in [-0.3, -0.25) is 4.79 Å². The number of benzene rings is 1. The van der Waals surface area contributed by atoms with E-state index >= 15 is 0 Å². The van der Waals surface area contributed by atoms with E-state index in [2.05, 4.69) is 10.3 Å². The number of anilines is 1. The lowest BCUT2D eigenvalue weighted by molar-refractivity contribution is -0.128. The maximum atomic E-state index is 11.9. The molecular formula is C13H15N3OS. The molecule has 0 aliphatic heterocycles. The number of hydrogen-bond acceptors (Lipinski definition) is 4. The standard InChI is InChI=1S/C13H15N3OS/c1-16(10-11-5-3-2-4-6-11)12(17)9-15-13-14-7-8-18-13/h2-8H,9-10H2,1H3,(H,14,15). The van der Waals surface area contributed by atoms with Crippen molar-refractivity contribution in [2.75, 3.05) is 18.9 Å². The Morgan fingerprint density at radius 1 is 1.39 bits per heavy atom. The van der Waals surface area contributed by atoms with E-state index in [1.165, 1.54) is 11.3 Å². The van der Waals surface area contributed by atoms with Gasteiger partial charge in [-0.2, -0.15) is 0 Å². The average Bonchev–Trinajstić information content (AvgIpc) is 2.90. The molecule has 0 saturated heterocycles. The minimum Gasteiger partial charge on any atom is -0.352 e. The SMILES string of the molecule is CN(Cc1ccccc1)C(=O)CNc1nccs1. The Balaban J connectivity index is 1.82. The summed E-state index contributed by atoms with van der Waals surface area (Å²) < 4.78 is 0. The molecule has 0 spiro atoms. The molecule has 5 heteroatoms. The first-order chi connectivity index (χ1) is 8.75. The number of hydrogen-bond donors (Lipinski definition) is 1. The predicted molar refractivity (Wildman–Crippen MR) is 73.5 cm³/mol. The molecule has 0 unspecified atom stereocenters. The van der Waals surface area contributed by atoms with Gasteiger partial charge in [-0.15, -0.1) is 11.3 Å². The zero-order valence-corrected chi connectivity index (χ0v) is 11.0. The van der Waals surface area contributed by atoms with Crippen molar-refractivity contribution in [3.63, 3.8) is 0 Å². The van der Waals surface area contributed by atoms with Crippen molar-refractivity contribution < 1.29 is 4.79 Å². The van der Waals surface area contributed by atoms with Gasteiger partial charge in [0.2, 0.25) is 5.91 Å². The molecule has 2 aromatic rings. The first-order valence-corrected chi connectivity index (χ1v) is 6.55. The summed E-state index contributed by atoms with van der Waals surface area (Å²) in [6, 6.07) is 9.94. The molecule has 1 aromatic carbocycles. The molecule has 0 aliphatic rings. The third-order valence-electron chi connectivity index (χ3n) is 2.51. The van der Waals surface area contributed by atoms with Gasteiger partial charge in [-0.25, -0.2) is 4.98 Å². The fourth-order valence-corrected chi connectivity index (χ4v) is 2.07. The Kier molecular flexibility index (Phi) is 4.30. The van der Waals surface area contributed by atoms with Crippen LogP contribution in [-0.2, 0) is 11.3 Å². The van der Waals surface area contributed by atoms with Gasteiger partial charge in [0.15, 0.2) is 5.13 Å². The molecule has 18 heavy (non-hydrogen) atoms. The molecular weight excluding hydrogens is 246 g/mol. The van der Waals surface area contributed by atoms with Crippen LogP contribution in [0.2, 0.25) is 0 Å². The number of nitrogens with one attached hydrogen (secondary N) is 1. The smallest absolute Gasteiger partial charge is 0.241 e. The second kappa shape index (κ2) is 6.16. The van der Waals surface area contributed by atoms with Crippen LogP contribution in [0.1, 0.15) is 5.56 Å². The minimum atomic E-state index is 0.0500. The molecule has 0 saturated carbocycles. The highest BCUT2D eigenvalue weighted by atomic mass is 32.1. The highest BCUT2D eigenvalue weighted by molar-refractivity contribution is 7.13. The average molecular weight is 261 g/mol. The lowest BCUT2D eigenvalue weighted by Gasteiger charge is -2.17. The van der Waals surface area contributed by atoms with Gasteiger partial charge >= 0.3 is 0 Å². The Morgan fingerprint density at radius 3 is 2.83 bits per heavy atom. The van der Waals surface area contributed by atoms with Gasteiger partial charge in [0.25, 0.3) is 0 Å². The molecule has 0 radical (unpaired) electrons. The van der Waals surface area contributed by atoms with Gasteiger partial charge in [-0.05, 0) is 5.56 Å². The van der Waals surface area contributed by atoms with Crippen LogP contribution >= 0.6 is 11.3 Å². The van der Waals surface area contributed by atoms with Gasteiger partial charge in [0.05, 0.1) is 6.54 Å². The van der Waals surface area contributed by atoms with Crippen molar-refractivity contribution in [3.05, 3.63) is 47.5 Å². The summed E-state index contributed by atoms with van der Waals surface area (Å²) in [6.45, 7) is 0.899. The van der Waals surface area contributed by atoms with Crippen molar-refractivity contribution in [2.24, 2.45) is 0 Å². The highest BCUT2D eigenvalue weighted by Gasteiger charge is 2.09. The second-order valence-corrected chi connectivity index (χ2v) is 4.82. The molecule has 0 atom stereocenters. The summed E-state index contributed by atoms with van der Waals surface area (Å²) in [7, 11) is 1.80. The third-order valence-corrected chi connectivity index (χ3v) is 3.24. The summed E-state index contributed by atoms with van der Waals surface area (Å²) in [5.41, 5.74) is 1.13. The van der Waals surface area contributed by atoms with Crippen LogP contribution in [0.15, 0.2) is 41.9 Å². The third kappa shape index (κ3) is 3.56. The lowest BCUT2D eigenvalue weighted by Crippen LogP contribution is -2.31. The zero-order chi connectivity index (χ0) is 12.8. The summed E-state index contributed by atoms with van der Waals surface area (Å²) in [5.74, 6) is 0.0500. The monoisotopic (exact) mass is 261 g/mol. The van der Waals surface area contributed by atoms with E-state index in [1.54, 1.807) is 18.1 Å². The minimum absolute atomic E-state index is 0.0500. The molecule has 4 nitrogen and oxygen atoms in total. The van der Waals surface area contributed by atoms with Crippen LogP contribution < -0.4 is 5.32 Å². The number of likely N-dealkylation sites (N-methyl/N-ethyl adjacent to an activating group) is 1. The largest absolute Gasteiger partial charge is 0.352 e. The van der Waals surface area contributed by atoms with E-state index in [-0.39, 0.29) is 12.5 Å². The number of carbonyl (C=O) groups excluding carboxylic acids is 1. The predicted octanol–water partition coefficient (Wildman–Crippen LogP) is 2.21. The molecule has 1 aromatic heterocycles. The lowest BCUT2D eigenvalue weighted by atomic mass is 10.2. The number of nitrogens with zero attached hydrogens (tertiary/aromatic N) is 2. The van der Waals surface area contributed by atoms with Gasteiger partial charge in [-0.1, -0.05) is 30.3 Å². The quantitative estimate of drug-likeness (QED) is 0.897. The van der Waals surface area contributed by atoms with Crippen LogP contribution in [0.5, 0.6) is 0 Å². The molecule has 2 rings (SSSR count). The highest BCUT2D eigenvalue weighted by Crippen LogP contribution is 2.10. The summed E-state index contributed by atoms with van der Waals surface area (Å²) in [4.78, 5) is 17.7. The van der Waals surface area contributed by atoms with Crippen molar-refractivity contribution in [2.45, 2.75) is 6.54 Å². The maximum absolute atomic E-state index is 11.9. The first-order valence-electron chi connectivity index (χ1n) is 5.67. The van der Waals surface area contributed by atoms with Gasteiger partial charge < -0.3 is 10.2 Å². The Morgan fingerprint density at radius 2 is 2.17 bits per heavy atom. The van der Waals surface area contributed by atoms with E-state index in [0.717, 1.165) is 10.7 Å². The fraction of sp³-hybridized carbons (Fsp3) is 0.231. The fourth-order valence-electron chi connectivity index (χ4n) is 1.54. The van der Waals surface area contributed by atoms with E-state index in [0.29, 0.717) is 6.54 Å². The normalized spacial score (nSPS) is 10.1. The number of carbonyl (C=O) groups is 1. The zero-order valence-electron chi connectivity index (χ0n) is 10.2. The van der Waals surface area contributed by atoms with Crippen LogP contribution in [0, 0.1) is 0 Å².